The lowest BCUT2D eigenvalue weighted by Gasteiger charge is -2.07. The maximum atomic E-state index is 12.7. The third-order valence-corrected chi connectivity index (χ3v) is 1.50. The minimum Gasteiger partial charge on any atom is -0.388 e. The van der Waals surface area contributed by atoms with Crippen LogP contribution in [0.3, 0.4) is 0 Å². The minimum absolute atomic E-state index is 0.630. The zero-order valence-corrected chi connectivity index (χ0v) is 6.31. The van der Waals surface area contributed by atoms with Gasteiger partial charge in [0.25, 0.3) is 0 Å². The summed E-state index contributed by atoms with van der Waals surface area (Å²) in [6.07, 6.45) is -1.35. The van der Waals surface area contributed by atoms with Crippen molar-refractivity contribution >= 4 is 0 Å². The van der Waals surface area contributed by atoms with Crippen LogP contribution < -0.4 is 0 Å². The Morgan fingerprint density at radius 3 is 2.08 bits per heavy atom. The van der Waals surface area contributed by atoms with Gasteiger partial charge in [-0.05, 0) is 19.1 Å². The van der Waals surface area contributed by atoms with Crippen LogP contribution in [-0.2, 0) is 0 Å². The molecule has 0 bridgehead atoms. The Bertz CT molecular complexity index is 297. The molecule has 1 N–H and O–H groups in total. The quantitative estimate of drug-likeness (QED) is 0.650. The Morgan fingerprint density at radius 1 is 1.17 bits per heavy atom. The summed E-state index contributed by atoms with van der Waals surface area (Å²) in [6, 6.07) is 1.46. The molecule has 4 heteroatoms. The maximum Gasteiger partial charge on any atom is 0.167 e. The molecule has 1 nitrogen and oxygen atoms in total. The summed E-state index contributed by atoms with van der Waals surface area (Å²) in [6.45, 7) is 1.17. The van der Waals surface area contributed by atoms with Gasteiger partial charge < -0.3 is 5.11 Å². The molecule has 0 fully saturated rings. The van der Waals surface area contributed by atoms with Gasteiger partial charge in [0.2, 0.25) is 0 Å². The van der Waals surface area contributed by atoms with Crippen LogP contribution in [0.25, 0.3) is 0 Å². The third-order valence-electron chi connectivity index (χ3n) is 1.50. The van der Waals surface area contributed by atoms with E-state index in [4.69, 9.17) is 5.11 Å². The van der Waals surface area contributed by atoms with Crippen LogP contribution in [-0.4, -0.2) is 5.11 Å². The molecule has 1 aromatic rings. The lowest BCUT2D eigenvalue weighted by Crippen LogP contribution is -2.02. The van der Waals surface area contributed by atoms with Crippen molar-refractivity contribution in [3.63, 3.8) is 0 Å². The van der Waals surface area contributed by atoms with E-state index in [1.807, 2.05) is 0 Å². The van der Waals surface area contributed by atoms with Crippen LogP contribution in [0.4, 0.5) is 13.2 Å². The van der Waals surface area contributed by atoms with Gasteiger partial charge in [-0.3, -0.25) is 0 Å². The van der Waals surface area contributed by atoms with Crippen LogP contribution >= 0.6 is 0 Å². The van der Waals surface area contributed by atoms with Crippen LogP contribution in [0.1, 0.15) is 18.6 Å². The van der Waals surface area contributed by atoms with E-state index in [1.165, 1.54) is 6.92 Å². The molecule has 0 heterocycles. The molecule has 0 unspecified atom stereocenters. The van der Waals surface area contributed by atoms with Gasteiger partial charge in [0, 0.05) is 0 Å². The third kappa shape index (κ3) is 1.43. The van der Waals surface area contributed by atoms with Crippen molar-refractivity contribution in [2.75, 3.05) is 0 Å². The summed E-state index contributed by atoms with van der Waals surface area (Å²) in [5.41, 5.74) is -0.630. The largest absolute Gasteiger partial charge is 0.388 e. The first-order valence-corrected chi connectivity index (χ1v) is 3.35. The number of benzene rings is 1. The number of rotatable bonds is 1. The predicted molar refractivity (Wildman–Crippen MR) is 36.9 cm³/mol. The van der Waals surface area contributed by atoms with Crippen molar-refractivity contribution in [1.29, 1.82) is 0 Å². The van der Waals surface area contributed by atoms with E-state index in [2.05, 4.69) is 0 Å². The van der Waals surface area contributed by atoms with Gasteiger partial charge in [-0.25, -0.2) is 13.2 Å². The highest BCUT2D eigenvalue weighted by atomic mass is 19.2. The zero-order chi connectivity index (χ0) is 9.30. The molecule has 0 aliphatic rings. The van der Waals surface area contributed by atoms with Gasteiger partial charge in [-0.2, -0.15) is 0 Å². The van der Waals surface area contributed by atoms with Gasteiger partial charge in [-0.15, -0.1) is 0 Å². The van der Waals surface area contributed by atoms with Crippen molar-refractivity contribution < 1.29 is 18.3 Å². The first-order valence-electron chi connectivity index (χ1n) is 3.35. The standard InChI is InChI=1S/C8H7F3O/c1-4(12)7-5(9)2-3-6(10)8(7)11/h2-4,12H,1H3/t4-/m1/s1. The van der Waals surface area contributed by atoms with E-state index < -0.39 is 29.1 Å². The summed E-state index contributed by atoms with van der Waals surface area (Å²) in [5, 5.41) is 8.86. The molecule has 0 aromatic heterocycles. The fourth-order valence-electron chi connectivity index (χ4n) is 0.926. The van der Waals surface area contributed by atoms with Crippen LogP contribution in [0.5, 0.6) is 0 Å². The molecular weight excluding hydrogens is 169 g/mol. The average molecular weight is 176 g/mol. The second-order valence-corrected chi connectivity index (χ2v) is 2.43. The van der Waals surface area contributed by atoms with Crippen LogP contribution in [0.2, 0.25) is 0 Å². The smallest absolute Gasteiger partial charge is 0.167 e. The lowest BCUT2D eigenvalue weighted by molar-refractivity contribution is 0.187. The lowest BCUT2D eigenvalue weighted by atomic mass is 10.1. The zero-order valence-electron chi connectivity index (χ0n) is 6.31. The Labute approximate surface area is 67.5 Å². The molecule has 0 saturated carbocycles. The molecule has 0 aliphatic heterocycles. The monoisotopic (exact) mass is 176 g/mol. The Balaban J connectivity index is 3.33. The number of hydrogen-bond donors (Lipinski definition) is 1. The van der Waals surface area contributed by atoms with E-state index in [-0.39, 0.29) is 0 Å². The molecule has 0 spiro atoms. The predicted octanol–water partition coefficient (Wildman–Crippen LogP) is 2.16. The average Bonchev–Trinajstić information content (AvgIpc) is 1.97. The summed E-state index contributed by atoms with van der Waals surface area (Å²) >= 11 is 0. The number of halogens is 3. The molecule has 66 valence electrons. The summed E-state index contributed by atoms with van der Waals surface area (Å²) in [7, 11) is 0. The highest BCUT2D eigenvalue weighted by Gasteiger charge is 2.17. The molecule has 1 aromatic carbocycles. The van der Waals surface area contributed by atoms with E-state index in [9.17, 15) is 13.2 Å². The fraction of sp³-hybridized carbons (Fsp3) is 0.250. The molecule has 0 aliphatic carbocycles. The molecule has 0 radical (unpaired) electrons. The Kier molecular flexibility index (Phi) is 2.38. The van der Waals surface area contributed by atoms with Gasteiger partial charge in [0.15, 0.2) is 11.6 Å². The van der Waals surface area contributed by atoms with Crippen molar-refractivity contribution in [2.45, 2.75) is 13.0 Å². The first-order chi connectivity index (χ1) is 5.54. The van der Waals surface area contributed by atoms with E-state index in [0.29, 0.717) is 6.07 Å². The normalized spacial score (nSPS) is 13.1. The second-order valence-electron chi connectivity index (χ2n) is 2.43. The van der Waals surface area contributed by atoms with Gasteiger partial charge in [0.05, 0.1) is 11.7 Å². The van der Waals surface area contributed by atoms with E-state index in [0.717, 1.165) is 6.07 Å². The van der Waals surface area contributed by atoms with E-state index in [1.54, 1.807) is 0 Å². The van der Waals surface area contributed by atoms with Crippen molar-refractivity contribution in [2.24, 2.45) is 0 Å². The summed E-state index contributed by atoms with van der Waals surface area (Å²) in [5.74, 6) is -3.43. The number of aliphatic hydroxyl groups excluding tert-OH is 1. The van der Waals surface area contributed by atoms with Gasteiger partial charge in [-0.1, -0.05) is 0 Å². The molecule has 1 atom stereocenters. The summed E-state index contributed by atoms with van der Waals surface area (Å²) < 4.78 is 37.9. The molecule has 0 amide bonds. The van der Waals surface area contributed by atoms with Gasteiger partial charge in [0.1, 0.15) is 5.82 Å². The summed E-state index contributed by atoms with van der Waals surface area (Å²) in [4.78, 5) is 0. The van der Waals surface area contributed by atoms with Crippen LogP contribution in [0, 0.1) is 17.5 Å². The van der Waals surface area contributed by atoms with Gasteiger partial charge >= 0.3 is 0 Å². The highest BCUT2D eigenvalue weighted by Crippen LogP contribution is 2.21. The second kappa shape index (κ2) is 3.15. The maximum absolute atomic E-state index is 12.7. The highest BCUT2D eigenvalue weighted by molar-refractivity contribution is 5.22. The van der Waals surface area contributed by atoms with Crippen molar-refractivity contribution in [1.82, 2.24) is 0 Å². The van der Waals surface area contributed by atoms with Crippen molar-refractivity contribution in [3.8, 4) is 0 Å². The molecule has 0 saturated heterocycles. The minimum atomic E-state index is -1.35. The SMILES string of the molecule is C[C@@H](O)c1c(F)ccc(F)c1F. The molecular formula is C8H7F3O. The fourth-order valence-corrected chi connectivity index (χ4v) is 0.926. The number of aliphatic hydroxyl groups is 1. The number of hydrogen-bond acceptors (Lipinski definition) is 1. The molecule has 12 heavy (non-hydrogen) atoms. The van der Waals surface area contributed by atoms with Crippen LogP contribution in [0.15, 0.2) is 12.1 Å². The first kappa shape index (κ1) is 9.06. The molecule has 1 rings (SSSR count). The van der Waals surface area contributed by atoms with E-state index >= 15 is 0 Å². The topological polar surface area (TPSA) is 20.2 Å². The Morgan fingerprint density at radius 2 is 1.67 bits per heavy atom. The Hall–Kier alpha value is -1.03. The van der Waals surface area contributed by atoms with Crippen molar-refractivity contribution in [3.05, 3.63) is 35.1 Å².